The summed E-state index contributed by atoms with van der Waals surface area (Å²) in [5.41, 5.74) is 0.721. The minimum absolute atomic E-state index is 0.331. The first-order chi connectivity index (χ1) is 8.43. The molecule has 0 amide bonds. The van der Waals surface area contributed by atoms with Gasteiger partial charge in [-0.1, -0.05) is 19.1 Å². The molecular formula is C11H21N3O3S. The first-order valence-electron chi connectivity index (χ1n) is 5.98. The first kappa shape index (κ1) is 15.2. The van der Waals surface area contributed by atoms with Gasteiger partial charge in [-0.05, 0) is 25.6 Å². The Labute approximate surface area is 108 Å². The molecule has 5 N–H and O–H groups in total. The summed E-state index contributed by atoms with van der Waals surface area (Å²) in [6.07, 6.45) is 5.16. The van der Waals surface area contributed by atoms with E-state index in [0.29, 0.717) is 12.8 Å². The minimum Gasteiger partial charge on any atom is -0.374 e. The number of nitrogens with one attached hydrogen (secondary N) is 2. The van der Waals surface area contributed by atoms with Crippen molar-refractivity contribution in [2.75, 3.05) is 13.1 Å². The summed E-state index contributed by atoms with van der Waals surface area (Å²) in [6, 6.07) is 0. The average molecular weight is 275 g/mol. The lowest BCUT2D eigenvalue weighted by Gasteiger charge is -2.19. The van der Waals surface area contributed by atoms with E-state index in [-0.39, 0.29) is 0 Å². The summed E-state index contributed by atoms with van der Waals surface area (Å²) in [4.78, 5) is 0. The SMILES string of the molecule is CCNCCC(O)NC1=CCC(S(N)(=O)=O)C=C1. The Kier molecular flexibility index (Phi) is 5.80. The van der Waals surface area contributed by atoms with Gasteiger partial charge in [0.25, 0.3) is 0 Å². The van der Waals surface area contributed by atoms with Crippen LogP contribution >= 0.6 is 0 Å². The van der Waals surface area contributed by atoms with Crippen molar-refractivity contribution in [2.24, 2.45) is 5.14 Å². The highest BCUT2D eigenvalue weighted by atomic mass is 32.2. The monoisotopic (exact) mass is 275 g/mol. The maximum absolute atomic E-state index is 11.1. The van der Waals surface area contributed by atoms with Crippen LogP contribution in [0.2, 0.25) is 0 Å². The van der Waals surface area contributed by atoms with Crippen LogP contribution in [0.25, 0.3) is 0 Å². The molecule has 104 valence electrons. The molecule has 1 rings (SSSR count). The zero-order valence-corrected chi connectivity index (χ0v) is 11.3. The van der Waals surface area contributed by atoms with Crippen molar-refractivity contribution in [3.63, 3.8) is 0 Å². The molecule has 0 aromatic rings. The van der Waals surface area contributed by atoms with Gasteiger partial charge in [0, 0.05) is 12.1 Å². The van der Waals surface area contributed by atoms with Gasteiger partial charge in [0.1, 0.15) is 6.23 Å². The standard InChI is InChI=1S/C11H21N3O3S/c1-2-13-8-7-11(15)14-9-3-5-10(6-4-9)18(12,16)17/h3-5,10-11,13-15H,2,6-8H2,1H3,(H2,12,16,17). The van der Waals surface area contributed by atoms with Crippen LogP contribution in [0.1, 0.15) is 19.8 Å². The van der Waals surface area contributed by atoms with Crippen molar-refractivity contribution in [2.45, 2.75) is 31.2 Å². The summed E-state index contributed by atoms with van der Waals surface area (Å²) in [5.74, 6) is 0. The smallest absolute Gasteiger partial charge is 0.215 e. The molecule has 0 fully saturated rings. The minimum atomic E-state index is -3.53. The molecule has 2 unspecified atom stereocenters. The number of hydrogen-bond donors (Lipinski definition) is 4. The fraction of sp³-hybridized carbons (Fsp3) is 0.636. The van der Waals surface area contributed by atoms with Crippen molar-refractivity contribution in [1.29, 1.82) is 0 Å². The zero-order chi connectivity index (χ0) is 13.6. The molecule has 0 saturated carbocycles. The molecule has 7 heteroatoms. The Morgan fingerprint density at radius 2 is 2.33 bits per heavy atom. The van der Waals surface area contributed by atoms with Gasteiger partial charge in [-0.2, -0.15) is 0 Å². The number of allylic oxidation sites excluding steroid dienone is 2. The lowest BCUT2D eigenvalue weighted by molar-refractivity contribution is 0.140. The third kappa shape index (κ3) is 5.18. The largest absolute Gasteiger partial charge is 0.374 e. The van der Waals surface area contributed by atoms with Crippen LogP contribution in [-0.2, 0) is 10.0 Å². The highest BCUT2D eigenvalue weighted by molar-refractivity contribution is 7.89. The molecule has 18 heavy (non-hydrogen) atoms. The van der Waals surface area contributed by atoms with E-state index in [0.717, 1.165) is 18.8 Å². The summed E-state index contributed by atoms with van der Waals surface area (Å²) in [6.45, 7) is 3.59. The maximum Gasteiger partial charge on any atom is 0.215 e. The van der Waals surface area contributed by atoms with E-state index >= 15 is 0 Å². The Morgan fingerprint density at radius 1 is 1.61 bits per heavy atom. The van der Waals surface area contributed by atoms with E-state index in [4.69, 9.17) is 5.14 Å². The highest BCUT2D eigenvalue weighted by Gasteiger charge is 2.20. The molecule has 0 aromatic carbocycles. The van der Waals surface area contributed by atoms with Crippen LogP contribution in [0.3, 0.4) is 0 Å². The predicted molar refractivity (Wildman–Crippen MR) is 71.0 cm³/mol. The number of rotatable bonds is 7. The molecule has 0 saturated heterocycles. The van der Waals surface area contributed by atoms with Gasteiger partial charge < -0.3 is 15.7 Å². The highest BCUT2D eigenvalue weighted by Crippen LogP contribution is 2.14. The van der Waals surface area contributed by atoms with Crippen LogP contribution in [0, 0.1) is 0 Å². The Morgan fingerprint density at radius 3 is 2.83 bits per heavy atom. The van der Waals surface area contributed by atoms with E-state index in [1.807, 2.05) is 6.92 Å². The number of aliphatic hydroxyl groups excluding tert-OH is 1. The second-order valence-corrected chi connectivity index (χ2v) is 5.97. The molecule has 0 bridgehead atoms. The molecule has 1 aliphatic rings. The van der Waals surface area contributed by atoms with E-state index in [1.54, 1.807) is 12.2 Å². The van der Waals surface area contributed by atoms with Crippen molar-refractivity contribution in [1.82, 2.24) is 10.6 Å². The number of aliphatic hydroxyl groups is 1. The summed E-state index contributed by atoms with van der Waals surface area (Å²) >= 11 is 0. The lowest BCUT2D eigenvalue weighted by Crippen LogP contribution is -2.33. The van der Waals surface area contributed by atoms with E-state index < -0.39 is 21.5 Å². The van der Waals surface area contributed by atoms with Crippen LogP contribution in [-0.4, -0.2) is 38.1 Å². The fourth-order valence-electron chi connectivity index (χ4n) is 1.63. The van der Waals surface area contributed by atoms with Crippen molar-refractivity contribution < 1.29 is 13.5 Å². The summed E-state index contributed by atoms with van der Waals surface area (Å²) in [5, 5.41) is 20.1. The maximum atomic E-state index is 11.1. The number of primary sulfonamides is 1. The van der Waals surface area contributed by atoms with Gasteiger partial charge in [-0.3, -0.25) is 0 Å². The molecule has 0 aliphatic heterocycles. The van der Waals surface area contributed by atoms with Crippen LogP contribution < -0.4 is 15.8 Å². The fourth-order valence-corrected chi connectivity index (χ4v) is 2.29. The molecule has 0 spiro atoms. The third-order valence-electron chi connectivity index (χ3n) is 2.66. The zero-order valence-electron chi connectivity index (χ0n) is 10.5. The number of hydrogen-bond acceptors (Lipinski definition) is 5. The van der Waals surface area contributed by atoms with Crippen LogP contribution in [0.15, 0.2) is 23.9 Å². The Bertz CT molecular complexity index is 417. The van der Waals surface area contributed by atoms with Gasteiger partial charge in [-0.25, -0.2) is 13.6 Å². The Hall–Kier alpha value is -0.890. The van der Waals surface area contributed by atoms with Crippen molar-refractivity contribution >= 4 is 10.0 Å². The van der Waals surface area contributed by atoms with E-state index in [1.165, 1.54) is 6.08 Å². The van der Waals surface area contributed by atoms with E-state index in [9.17, 15) is 13.5 Å². The molecule has 0 heterocycles. The Balaban J connectivity index is 2.38. The van der Waals surface area contributed by atoms with Crippen molar-refractivity contribution in [3.8, 4) is 0 Å². The predicted octanol–water partition coefficient (Wildman–Crippen LogP) is -0.605. The third-order valence-corrected chi connectivity index (χ3v) is 3.85. The molecule has 6 nitrogen and oxygen atoms in total. The second kappa shape index (κ2) is 6.89. The second-order valence-electron chi connectivity index (χ2n) is 4.18. The molecule has 1 aliphatic carbocycles. The van der Waals surface area contributed by atoms with Crippen LogP contribution in [0.4, 0.5) is 0 Å². The lowest BCUT2D eigenvalue weighted by atomic mass is 10.1. The summed E-state index contributed by atoms with van der Waals surface area (Å²) < 4.78 is 22.2. The molecule has 2 atom stereocenters. The number of sulfonamides is 1. The average Bonchev–Trinajstić information content (AvgIpc) is 2.29. The number of nitrogens with two attached hydrogens (primary N) is 1. The topological polar surface area (TPSA) is 104 Å². The van der Waals surface area contributed by atoms with E-state index in [2.05, 4.69) is 10.6 Å². The van der Waals surface area contributed by atoms with Gasteiger partial charge in [0.2, 0.25) is 10.0 Å². The van der Waals surface area contributed by atoms with Gasteiger partial charge >= 0.3 is 0 Å². The quantitative estimate of drug-likeness (QED) is 0.367. The van der Waals surface area contributed by atoms with Gasteiger partial charge in [0.05, 0.1) is 5.25 Å². The normalized spacial score (nSPS) is 21.5. The van der Waals surface area contributed by atoms with Crippen LogP contribution in [0.5, 0.6) is 0 Å². The van der Waals surface area contributed by atoms with Crippen molar-refractivity contribution in [3.05, 3.63) is 23.9 Å². The summed E-state index contributed by atoms with van der Waals surface area (Å²) in [7, 11) is -3.53. The first-order valence-corrected chi connectivity index (χ1v) is 7.59. The van der Waals surface area contributed by atoms with Gasteiger partial charge in [-0.15, -0.1) is 0 Å². The molecular weight excluding hydrogens is 254 g/mol. The molecule has 0 aromatic heterocycles. The molecule has 0 radical (unpaired) electrons. The van der Waals surface area contributed by atoms with Gasteiger partial charge in [0.15, 0.2) is 0 Å².